The van der Waals surface area contributed by atoms with Gasteiger partial charge in [0.2, 0.25) is 5.91 Å². The number of nitrogens with zero attached hydrogens (tertiary/aromatic N) is 3. The highest BCUT2D eigenvalue weighted by Gasteiger charge is 2.57. The number of anilines is 1. The number of carbonyl (C=O) groups excluding carboxylic acids is 2. The highest BCUT2D eigenvalue weighted by Crippen LogP contribution is 2.41. The van der Waals surface area contributed by atoms with Gasteiger partial charge in [0.05, 0.1) is 6.54 Å². The van der Waals surface area contributed by atoms with Gasteiger partial charge in [-0.2, -0.15) is 0 Å². The summed E-state index contributed by atoms with van der Waals surface area (Å²) in [6.45, 7) is 0.497. The topological polar surface area (TPSA) is 173 Å². The van der Waals surface area contributed by atoms with E-state index in [1.807, 2.05) is 0 Å². The second kappa shape index (κ2) is 11.4. The number of alkyl halides is 1. The van der Waals surface area contributed by atoms with Gasteiger partial charge in [0.15, 0.2) is 15.7 Å². The fraction of sp³-hybridized carbons (Fsp3) is 0.533. The smallest absolute Gasteiger partial charge is 0.327 e. The number of nitrogen functional groups attached to an aromatic ring is 1. The maximum absolute atomic E-state index is 12.8. The quantitative estimate of drug-likeness (QED) is 0.118. The van der Waals surface area contributed by atoms with E-state index in [2.05, 4.69) is 15.5 Å². The molecule has 0 saturated carbocycles. The summed E-state index contributed by atoms with van der Waals surface area (Å²) in [5.74, 6) is -2.14. The van der Waals surface area contributed by atoms with Gasteiger partial charge in [-0.15, -0.1) is 59.5 Å². The van der Waals surface area contributed by atoms with Gasteiger partial charge < -0.3 is 31.6 Å². The summed E-state index contributed by atoms with van der Waals surface area (Å²) in [5.41, 5.74) is 11.1. The molecule has 0 aliphatic carbocycles. The fourth-order valence-electron chi connectivity index (χ4n) is 2.74. The Morgan fingerprint density at radius 1 is 1.48 bits per heavy atom. The number of halogens is 3. The molecule has 11 nitrogen and oxygen atoms in total. The van der Waals surface area contributed by atoms with Crippen molar-refractivity contribution >= 4 is 88.1 Å². The van der Waals surface area contributed by atoms with E-state index in [4.69, 9.17) is 27.9 Å². The lowest BCUT2D eigenvalue weighted by Gasteiger charge is -2.52. The van der Waals surface area contributed by atoms with Crippen molar-refractivity contribution in [2.24, 2.45) is 10.9 Å². The van der Waals surface area contributed by atoms with Crippen LogP contribution in [0.2, 0.25) is 0 Å². The van der Waals surface area contributed by atoms with Crippen molar-refractivity contribution in [1.82, 2.24) is 15.2 Å². The molecule has 3 atom stereocenters. The minimum Gasteiger partial charge on any atom is -0.480 e. The highest BCUT2D eigenvalue weighted by atomic mass is 35.5. The molecular formula is C15H21Cl3N6O5S2. The van der Waals surface area contributed by atoms with E-state index in [0.717, 1.165) is 11.3 Å². The van der Waals surface area contributed by atoms with Crippen molar-refractivity contribution < 1.29 is 24.3 Å². The molecule has 6 N–H and O–H groups in total. The molecule has 1 aromatic heterocycles. The third-order valence-corrected chi connectivity index (χ3v) is 7.07. The number of hydrogen-bond donors (Lipinski definition) is 4. The van der Waals surface area contributed by atoms with Crippen LogP contribution in [0.3, 0.4) is 0 Å². The zero-order chi connectivity index (χ0) is 21.2. The molecule has 0 spiro atoms. The predicted octanol–water partition coefficient (Wildman–Crippen LogP) is 0.101. The summed E-state index contributed by atoms with van der Waals surface area (Å²) in [5, 5.41) is 17.1. The normalized spacial score (nSPS) is 24.8. The third-order valence-electron chi connectivity index (χ3n) is 4.29. The van der Waals surface area contributed by atoms with Gasteiger partial charge >= 0.3 is 5.97 Å². The molecule has 3 heterocycles. The molecule has 0 radical (unpaired) electrons. The van der Waals surface area contributed by atoms with E-state index < -0.39 is 34.1 Å². The van der Waals surface area contributed by atoms with Gasteiger partial charge in [-0.25, -0.2) is 4.98 Å². The lowest BCUT2D eigenvalue weighted by atomic mass is 10.0. The van der Waals surface area contributed by atoms with E-state index >= 15 is 0 Å². The number of carboxylic acid groups (broad SMARTS) is 1. The summed E-state index contributed by atoms with van der Waals surface area (Å²) in [6, 6.07) is -0.826. The van der Waals surface area contributed by atoms with Gasteiger partial charge in [-0.3, -0.25) is 14.4 Å². The molecule has 2 aliphatic heterocycles. The van der Waals surface area contributed by atoms with Crippen LogP contribution in [0.1, 0.15) is 12.1 Å². The van der Waals surface area contributed by atoms with Crippen molar-refractivity contribution in [3.8, 4) is 0 Å². The van der Waals surface area contributed by atoms with E-state index in [1.54, 1.807) is 5.38 Å². The first kappa shape index (κ1) is 27.5. The zero-order valence-electron chi connectivity index (χ0n) is 15.9. The van der Waals surface area contributed by atoms with Crippen LogP contribution in [-0.4, -0.2) is 80.2 Å². The highest BCUT2D eigenvalue weighted by molar-refractivity contribution is 8.00. The molecular weight excluding hydrogens is 515 g/mol. The first-order valence-electron chi connectivity index (χ1n) is 8.53. The number of amides is 2. The van der Waals surface area contributed by atoms with Crippen LogP contribution in [0, 0.1) is 0 Å². The van der Waals surface area contributed by atoms with Crippen molar-refractivity contribution in [3.63, 3.8) is 0 Å². The Morgan fingerprint density at radius 2 is 2.19 bits per heavy atom. The number of carbonyl (C=O) groups is 3. The number of carboxylic acids is 1. The van der Waals surface area contributed by atoms with Gasteiger partial charge in [0, 0.05) is 11.1 Å². The summed E-state index contributed by atoms with van der Waals surface area (Å²) in [7, 11) is 0. The van der Waals surface area contributed by atoms with Crippen molar-refractivity contribution in [2.75, 3.05) is 31.2 Å². The Hall–Kier alpha value is -1.51. The van der Waals surface area contributed by atoms with Crippen LogP contribution in [0.15, 0.2) is 10.5 Å². The molecule has 0 bridgehead atoms. The molecule has 3 rings (SSSR count). The zero-order valence-corrected chi connectivity index (χ0v) is 19.9. The third kappa shape index (κ3) is 5.84. The van der Waals surface area contributed by atoms with Gasteiger partial charge in [-0.1, -0.05) is 5.16 Å². The van der Waals surface area contributed by atoms with Crippen LogP contribution in [0.5, 0.6) is 0 Å². The number of thioether (sulfide) groups is 1. The van der Waals surface area contributed by atoms with Crippen LogP contribution in [0.25, 0.3) is 0 Å². The molecule has 0 aromatic carbocycles. The lowest BCUT2D eigenvalue weighted by Crippen LogP contribution is -2.74. The van der Waals surface area contributed by atoms with E-state index in [9.17, 15) is 19.5 Å². The maximum Gasteiger partial charge on any atom is 0.327 e. The minimum atomic E-state index is -1.53. The van der Waals surface area contributed by atoms with Gasteiger partial charge in [0.1, 0.15) is 23.7 Å². The largest absolute Gasteiger partial charge is 0.480 e. The summed E-state index contributed by atoms with van der Waals surface area (Å²) < 4.78 is 0. The maximum atomic E-state index is 12.8. The molecule has 2 amide bonds. The van der Waals surface area contributed by atoms with Crippen LogP contribution in [0.4, 0.5) is 5.13 Å². The Morgan fingerprint density at radius 3 is 2.77 bits per heavy atom. The second-order valence-electron chi connectivity index (χ2n) is 6.38. The number of rotatable bonds is 8. The number of hydrogen-bond acceptors (Lipinski definition) is 10. The Labute approximate surface area is 203 Å². The van der Waals surface area contributed by atoms with Gasteiger partial charge in [0.25, 0.3) is 5.91 Å². The molecule has 16 heteroatoms. The van der Waals surface area contributed by atoms with Crippen LogP contribution < -0.4 is 16.8 Å². The summed E-state index contributed by atoms with van der Waals surface area (Å²) in [4.78, 5) is 45.5. The molecule has 2 unspecified atom stereocenters. The molecule has 1 aromatic rings. The average Bonchev–Trinajstić information content (AvgIpc) is 3.11. The number of β-lactam (4-membered cyclic amide) rings is 1. The van der Waals surface area contributed by atoms with Crippen LogP contribution in [-0.2, 0) is 19.2 Å². The number of thiazole rings is 1. The minimum absolute atomic E-state index is 0. The van der Waals surface area contributed by atoms with Gasteiger partial charge in [-0.05, 0) is 13.0 Å². The van der Waals surface area contributed by atoms with Crippen LogP contribution >= 0.6 is 59.5 Å². The predicted molar refractivity (Wildman–Crippen MR) is 123 cm³/mol. The van der Waals surface area contributed by atoms with E-state index in [0.29, 0.717) is 13.0 Å². The molecule has 2 saturated heterocycles. The number of aromatic nitrogens is 1. The average molecular weight is 536 g/mol. The Kier molecular flexibility index (Phi) is 10.1. The number of oxime groups is 1. The number of aliphatic carboxylic acids is 1. The van der Waals surface area contributed by atoms with E-state index in [-0.39, 0.29) is 60.3 Å². The monoisotopic (exact) mass is 534 g/mol. The SMILES string of the molecule is Cl.Cl.NCCCON=C(C(=O)NC1C(=O)N2CC(Cl)(C(=O)O)CS[C@H]12)c1csc(N)n1. The molecule has 2 fully saturated rings. The first-order valence-corrected chi connectivity index (χ1v) is 10.8. The Balaban J connectivity index is 0.00000240. The molecule has 174 valence electrons. The Bertz CT molecular complexity index is 859. The molecule has 31 heavy (non-hydrogen) atoms. The fourth-order valence-corrected chi connectivity index (χ4v) is 4.99. The number of fused-ring (bicyclic) bond motifs is 1. The first-order chi connectivity index (χ1) is 13.8. The number of nitrogens with two attached hydrogens (primary N) is 2. The number of nitrogens with one attached hydrogen (secondary N) is 1. The summed E-state index contributed by atoms with van der Waals surface area (Å²) >= 11 is 8.41. The van der Waals surface area contributed by atoms with Crippen molar-refractivity contribution in [2.45, 2.75) is 22.7 Å². The van der Waals surface area contributed by atoms with Crippen molar-refractivity contribution in [1.29, 1.82) is 0 Å². The van der Waals surface area contributed by atoms with Crippen molar-refractivity contribution in [3.05, 3.63) is 11.1 Å². The van der Waals surface area contributed by atoms with E-state index in [1.165, 1.54) is 16.7 Å². The lowest BCUT2D eigenvalue weighted by molar-refractivity contribution is -0.151. The standard InChI is InChI=1S/C15H19ClN6O5S2.2ClH/c16-15(13(25)26)5-22-11(24)9(12(22)29-6-15)20-10(23)8(21-27-3-1-2-17)7-4-28-14(18)19-7;;/h4,9,12H,1-3,5-6,17H2,(H2,18,19)(H,20,23)(H,25,26);2*1H/t9?,12-,15?;;/m1../s1. The molecule has 2 aliphatic rings. The summed E-state index contributed by atoms with van der Waals surface area (Å²) in [6.07, 6.45) is 0.552. The second-order valence-corrected chi connectivity index (χ2v) is 9.09.